The number of aryl methyl sites for hydroxylation is 1. The lowest BCUT2D eigenvalue weighted by Crippen LogP contribution is -2.44. The van der Waals surface area contributed by atoms with Gasteiger partial charge in [-0.25, -0.2) is 4.68 Å². The zero-order valence-corrected chi connectivity index (χ0v) is 9.83. The van der Waals surface area contributed by atoms with Gasteiger partial charge in [0.15, 0.2) is 5.92 Å². The summed E-state index contributed by atoms with van der Waals surface area (Å²) < 4.78 is 76.1. The molecular weight excluding hydrogens is 278 g/mol. The molecule has 1 rings (SSSR count). The van der Waals surface area contributed by atoms with Gasteiger partial charge in [-0.05, 0) is 6.42 Å². The minimum Gasteiger partial charge on any atom is -0.322 e. The molecule has 19 heavy (non-hydrogen) atoms. The fourth-order valence-electron chi connectivity index (χ4n) is 1.67. The van der Waals surface area contributed by atoms with E-state index in [1.807, 2.05) is 0 Å². The van der Waals surface area contributed by atoms with E-state index in [0.717, 1.165) is 10.9 Å². The number of hydrogen-bond donors (Lipinski definition) is 1. The molecule has 0 saturated carbocycles. The number of nitrogens with two attached hydrogens (primary N) is 1. The number of aromatic nitrogens is 3. The van der Waals surface area contributed by atoms with Crippen LogP contribution >= 0.6 is 0 Å². The lowest BCUT2D eigenvalue weighted by atomic mass is 9.96. The Morgan fingerprint density at radius 3 is 2.16 bits per heavy atom. The number of hydrogen-bond acceptors (Lipinski definition) is 3. The molecule has 0 amide bonds. The van der Waals surface area contributed by atoms with Gasteiger partial charge in [-0.15, -0.1) is 5.10 Å². The maximum absolute atomic E-state index is 12.5. The van der Waals surface area contributed by atoms with Gasteiger partial charge in [0.2, 0.25) is 0 Å². The van der Waals surface area contributed by atoms with Crippen molar-refractivity contribution in [2.75, 3.05) is 0 Å². The van der Waals surface area contributed by atoms with Gasteiger partial charge < -0.3 is 5.73 Å². The lowest BCUT2D eigenvalue weighted by Gasteiger charge is -2.28. The summed E-state index contributed by atoms with van der Waals surface area (Å²) in [4.78, 5) is 0. The second kappa shape index (κ2) is 5.35. The quantitative estimate of drug-likeness (QED) is 0.866. The zero-order chi connectivity index (χ0) is 14.8. The molecule has 0 aromatic carbocycles. The summed E-state index contributed by atoms with van der Waals surface area (Å²) in [5, 5.41) is 6.73. The Labute approximate surface area is 104 Å². The molecule has 0 bridgehead atoms. The summed E-state index contributed by atoms with van der Waals surface area (Å²) >= 11 is 0. The van der Waals surface area contributed by atoms with Crippen molar-refractivity contribution < 1.29 is 26.3 Å². The molecule has 0 spiro atoms. The number of nitrogens with zero attached hydrogens (tertiary/aromatic N) is 3. The number of alkyl halides is 6. The fourth-order valence-corrected chi connectivity index (χ4v) is 1.67. The third-order valence-corrected chi connectivity index (χ3v) is 2.49. The van der Waals surface area contributed by atoms with Gasteiger partial charge in [-0.3, -0.25) is 0 Å². The van der Waals surface area contributed by atoms with Gasteiger partial charge in [-0.1, -0.05) is 12.1 Å². The van der Waals surface area contributed by atoms with E-state index < -0.39 is 24.3 Å². The van der Waals surface area contributed by atoms with E-state index in [0.29, 0.717) is 6.42 Å². The first kappa shape index (κ1) is 15.7. The van der Waals surface area contributed by atoms with Gasteiger partial charge in [0.1, 0.15) is 0 Å². The van der Waals surface area contributed by atoms with Crippen molar-refractivity contribution in [3.05, 3.63) is 11.9 Å². The molecule has 0 aliphatic carbocycles. The standard InChI is InChI=1S/C9H12F6N4/c1-2-3-19-5(4-17-18-19)6(16)7(8(10,11)12)9(13,14)15/h4,6-7H,2-3,16H2,1H3. The van der Waals surface area contributed by atoms with Crippen molar-refractivity contribution in [1.29, 1.82) is 0 Å². The van der Waals surface area contributed by atoms with Crippen LogP contribution in [0.1, 0.15) is 25.1 Å². The Kier molecular flexibility index (Phi) is 4.43. The first-order valence-electron chi connectivity index (χ1n) is 5.36. The summed E-state index contributed by atoms with van der Waals surface area (Å²) in [6.45, 7) is 1.84. The van der Waals surface area contributed by atoms with Crippen molar-refractivity contribution >= 4 is 0 Å². The smallest absolute Gasteiger partial charge is 0.322 e. The van der Waals surface area contributed by atoms with Crippen molar-refractivity contribution in [1.82, 2.24) is 15.0 Å². The average Bonchev–Trinajstić information content (AvgIpc) is 2.61. The highest BCUT2D eigenvalue weighted by atomic mass is 19.4. The Hall–Kier alpha value is -1.32. The normalized spacial score (nSPS) is 15.0. The minimum absolute atomic E-state index is 0.144. The van der Waals surface area contributed by atoms with Crippen LogP contribution in [0.15, 0.2) is 6.20 Å². The summed E-state index contributed by atoms with van der Waals surface area (Å²) in [5.41, 5.74) is 4.76. The van der Waals surface area contributed by atoms with E-state index in [1.165, 1.54) is 0 Å². The monoisotopic (exact) mass is 290 g/mol. The van der Waals surface area contributed by atoms with Crippen LogP contribution in [-0.2, 0) is 6.54 Å². The summed E-state index contributed by atoms with van der Waals surface area (Å²) in [7, 11) is 0. The van der Waals surface area contributed by atoms with E-state index >= 15 is 0 Å². The highest BCUT2D eigenvalue weighted by molar-refractivity contribution is 5.06. The summed E-state index contributed by atoms with van der Waals surface area (Å²) in [6, 6.07) is -2.29. The van der Waals surface area contributed by atoms with Crippen molar-refractivity contribution in [2.24, 2.45) is 11.7 Å². The van der Waals surface area contributed by atoms with Crippen LogP contribution in [0.3, 0.4) is 0 Å². The number of halogens is 6. The van der Waals surface area contributed by atoms with E-state index in [-0.39, 0.29) is 12.2 Å². The molecule has 1 aromatic rings. The first-order valence-corrected chi connectivity index (χ1v) is 5.36. The van der Waals surface area contributed by atoms with Crippen LogP contribution in [0.5, 0.6) is 0 Å². The molecule has 110 valence electrons. The van der Waals surface area contributed by atoms with Gasteiger partial charge in [-0.2, -0.15) is 26.3 Å². The molecule has 1 atom stereocenters. The van der Waals surface area contributed by atoms with Crippen LogP contribution in [0.2, 0.25) is 0 Å². The molecular formula is C9H12F6N4. The van der Waals surface area contributed by atoms with E-state index in [9.17, 15) is 26.3 Å². The maximum atomic E-state index is 12.5. The highest BCUT2D eigenvalue weighted by Gasteiger charge is 2.60. The molecule has 0 saturated heterocycles. The molecule has 4 nitrogen and oxygen atoms in total. The molecule has 0 aliphatic heterocycles. The highest BCUT2D eigenvalue weighted by Crippen LogP contribution is 2.45. The molecule has 0 aliphatic rings. The third kappa shape index (κ3) is 3.58. The molecule has 0 fully saturated rings. The van der Waals surface area contributed by atoms with Crippen molar-refractivity contribution in [2.45, 2.75) is 38.3 Å². The lowest BCUT2D eigenvalue weighted by molar-refractivity contribution is -0.290. The van der Waals surface area contributed by atoms with Crippen LogP contribution in [0, 0.1) is 5.92 Å². The van der Waals surface area contributed by atoms with E-state index in [1.54, 1.807) is 6.92 Å². The molecule has 1 unspecified atom stereocenters. The van der Waals surface area contributed by atoms with Crippen molar-refractivity contribution in [3.8, 4) is 0 Å². The molecule has 0 radical (unpaired) electrons. The number of rotatable bonds is 4. The van der Waals surface area contributed by atoms with Gasteiger partial charge >= 0.3 is 12.4 Å². The van der Waals surface area contributed by atoms with Crippen molar-refractivity contribution in [3.63, 3.8) is 0 Å². The van der Waals surface area contributed by atoms with Crippen LogP contribution in [0.4, 0.5) is 26.3 Å². The van der Waals surface area contributed by atoms with E-state index in [4.69, 9.17) is 5.73 Å². The third-order valence-electron chi connectivity index (χ3n) is 2.49. The summed E-state index contributed by atoms with van der Waals surface area (Å²) in [5.74, 6) is -3.64. The van der Waals surface area contributed by atoms with Crippen LogP contribution < -0.4 is 5.73 Å². The predicted octanol–water partition coefficient (Wildman–Crippen LogP) is 2.43. The Balaban J connectivity index is 3.13. The van der Waals surface area contributed by atoms with Gasteiger partial charge in [0, 0.05) is 6.54 Å². The molecule has 1 aromatic heterocycles. The second-order valence-electron chi connectivity index (χ2n) is 3.97. The molecule has 2 N–H and O–H groups in total. The predicted molar refractivity (Wildman–Crippen MR) is 52.8 cm³/mol. The SMILES string of the molecule is CCCn1nncc1C(N)C(C(F)(F)F)C(F)(F)F. The largest absolute Gasteiger partial charge is 0.402 e. The molecule has 10 heteroatoms. The van der Waals surface area contributed by atoms with E-state index in [2.05, 4.69) is 10.3 Å². The van der Waals surface area contributed by atoms with Crippen LogP contribution in [0.25, 0.3) is 0 Å². The molecule has 1 heterocycles. The Morgan fingerprint density at radius 2 is 1.74 bits per heavy atom. The fraction of sp³-hybridized carbons (Fsp3) is 0.778. The topological polar surface area (TPSA) is 56.7 Å². The average molecular weight is 290 g/mol. The van der Waals surface area contributed by atoms with Crippen LogP contribution in [-0.4, -0.2) is 27.3 Å². The first-order chi connectivity index (χ1) is 8.59. The Morgan fingerprint density at radius 1 is 1.21 bits per heavy atom. The maximum Gasteiger partial charge on any atom is 0.402 e. The van der Waals surface area contributed by atoms with Gasteiger partial charge in [0.25, 0.3) is 0 Å². The second-order valence-corrected chi connectivity index (χ2v) is 3.97. The minimum atomic E-state index is -5.49. The zero-order valence-electron chi connectivity index (χ0n) is 9.83. The summed E-state index contributed by atoms with van der Waals surface area (Å²) in [6.07, 6.45) is -9.67. The van der Waals surface area contributed by atoms with Gasteiger partial charge in [0.05, 0.1) is 17.9 Å². The Bertz CT molecular complexity index is 396.